The first-order valence-electron chi connectivity index (χ1n) is 13.2. The van der Waals surface area contributed by atoms with Crippen LogP contribution in [0.2, 0.25) is 0 Å². The van der Waals surface area contributed by atoms with Gasteiger partial charge in [-0.2, -0.15) is 18.0 Å². The third kappa shape index (κ3) is 7.94. The number of amides is 1. The van der Waals surface area contributed by atoms with E-state index in [0.717, 1.165) is 23.4 Å². The third-order valence-corrected chi connectivity index (χ3v) is 8.22. The number of hydrogen-bond acceptors (Lipinski definition) is 8. The molecule has 0 spiro atoms. The second-order valence-corrected chi connectivity index (χ2v) is 11.5. The van der Waals surface area contributed by atoms with Crippen molar-refractivity contribution < 1.29 is 26.7 Å². The van der Waals surface area contributed by atoms with Crippen LogP contribution in [0.5, 0.6) is 0 Å². The Morgan fingerprint density at radius 1 is 1.19 bits per heavy atom. The van der Waals surface area contributed by atoms with E-state index in [-0.39, 0.29) is 54.5 Å². The van der Waals surface area contributed by atoms with Crippen LogP contribution in [-0.2, 0) is 12.7 Å². The second-order valence-electron chi connectivity index (χ2n) is 10.5. The van der Waals surface area contributed by atoms with Crippen LogP contribution in [0, 0.1) is 6.92 Å². The number of benzene rings is 2. The average molecular weight is 612 g/mol. The van der Waals surface area contributed by atoms with Crippen molar-refractivity contribution in [2.45, 2.75) is 50.6 Å². The summed E-state index contributed by atoms with van der Waals surface area (Å²) in [5.41, 5.74) is 8.37. The van der Waals surface area contributed by atoms with Gasteiger partial charge in [-0.15, -0.1) is 0 Å². The lowest BCUT2D eigenvalue weighted by atomic mass is 10.0. The molecule has 2 heterocycles. The molecule has 1 atom stereocenters. The molecule has 1 fully saturated rings. The highest BCUT2D eigenvalue weighted by Gasteiger charge is 2.35. The van der Waals surface area contributed by atoms with E-state index in [1.54, 1.807) is 30.2 Å². The minimum Gasteiger partial charge on any atom is -0.400 e. The van der Waals surface area contributed by atoms with Crippen LogP contribution in [-0.4, -0.2) is 47.1 Å². The Labute approximate surface area is 245 Å². The molecule has 1 amide bonds. The van der Waals surface area contributed by atoms with Crippen LogP contribution in [0.1, 0.15) is 46.8 Å². The van der Waals surface area contributed by atoms with Crippen molar-refractivity contribution in [3.05, 3.63) is 82.3 Å². The Bertz CT molecular complexity index is 1370. The van der Waals surface area contributed by atoms with Crippen molar-refractivity contribution in [3.63, 3.8) is 0 Å². The lowest BCUT2D eigenvalue weighted by Crippen LogP contribution is -2.38. The number of hydrazine groups is 2. The monoisotopic (exact) mass is 611 g/mol. The fourth-order valence-electron chi connectivity index (χ4n) is 4.59. The summed E-state index contributed by atoms with van der Waals surface area (Å²) in [5, 5.41) is 5.51. The third-order valence-electron chi connectivity index (χ3n) is 7.18. The summed E-state index contributed by atoms with van der Waals surface area (Å²) < 4.78 is 68.1. The predicted octanol–water partition coefficient (Wildman–Crippen LogP) is 5.35. The molecule has 0 aromatic heterocycles. The standard InChI is InChI=1S/C28H34F5N7OS/c1-17-4-5-20(13-24(17)40(35)16-23(34)25-10-18(2)38(3)37-42-25)26(41)36-22-12-19(11-21(14-22)28(31,32)33)15-39-8-6-27(29,30)7-9-39/h4-5,10-14,16,25,37H,6-9,15,34-35H2,1-3H3,(H,36,41)/b23-16-. The van der Waals surface area contributed by atoms with E-state index in [4.69, 9.17) is 11.6 Å². The van der Waals surface area contributed by atoms with Gasteiger partial charge >= 0.3 is 6.18 Å². The second kappa shape index (κ2) is 12.5. The molecule has 1 unspecified atom stereocenters. The maximum absolute atomic E-state index is 13.7. The number of likely N-dealkylation sites (tertiary alicyclic amines) is 1. The molecule has 2 aromatic rings. The summed E-state index contributed by atoms with van der Waals surface area (Å²) in [6, 6.07) is 8.00. The smallest absolute Gasteiger partial charge is 0.400 e. The van der Waals surface area contributed by atoms with E-state index in [9.17, 15) is 26.7 Å². The van der Waals surface area contributed by atoms with Crippen LogP contribution < -0.4 is 26.7 Å². The number of piperidine rings is 1. The fraction of sp³-hybridized carbons (Fsp3) is 0.393. The van der Waals surface area contributed by atoms with Crippen molar-refractivity contribution in [1.29, 1.82) is 0 Å². The highest BCUT2D eigenvalue weighted by Crippen LogP contribution is 2.34. The predicted molar refractivity (Wildman–Crippen MR) is 155 cm³/mol. The summed E-state index contributed by atoms with van der Waals surface area (Å²) in [5.74, 6) is 2.88. The first-order chi connectivity index (χ1) is 19.6. The molecule has 2 aliphatic rings. The molecule has 4 rings (SSSR count). The maximum Gasteiger partial charge on any atom is 0.416 e. The number of alkyl halides is 5. The van der Waals surface area contributed by atoms with Gasteiger partial charge in [0, 0.05) is 68.4 Å². The van der Waals surface area contributed by atoms with Crippen molar-refractivity contribution in [1.82, 2.24) is 14.7 Å². The zero-order chi connectivity index (χ0) is 30.8. The van der Waals surface area contributed by atoms with Gasteiger partial charge in [0.25, 0.3) is 11.8 Å². The van der Waals surface area contributed by atoms with Gasteiger partial charge in [-0.25, -0.2) is 14.6 Å². The van der Waals surface area contributed by atoms with Crippen molar-refractivity contribution in [3.8, 4) is 0 Å². The molecule has 14 heteroatoms. The molecule has 2 aliphatic heterocycles. The van der Waals surface area contributed by atoms with Gasteiger partial charge in [-0.05, 0) is 73.3 Å². The van der Waals surface area contributed by atoms with E-state index in [2.05, 4.69) is 10.1 Å². The number of nitrogens with one attached hydrogen (secondary N) is 2. The molecule has 228 valence electrons. The van der Waals surface area contributed by atoms with E-state index in [1.165, 1.54) is 29.1 Å². The van der Waals surface area contributed by atoms with Crippen LogP contribution in [0.3, 0.4) is 0 Å². The first kappa shape index (κ1) is 31.6. The Balaban J connectivity index is 1.53. The quantitative estimate of drug-likeness (QED) is 0.144. The van der Waals surface area contributed by atoms with Gasteiger partial charge in [-0.1, -0.05) is 6.07 Å². The topological polar surface area (TPSA) is 103 Å². The summed E-state index contributed by atoms with van der Waals surface area (Å²) in [7, 11) is 1.88. The number of rotatable bonds is 7. The van der Waals surface area contributed by atoms with Crippen molar-refractivity contribution in [2.24, 2.45) is 11.6 Å². The van der Waals surface area contributed by atoms with Gasteiger partial charge in [0.05, 0.1) is 16.5 Å². The average Bonchev–Trinajstić information content (AvgIpc) is 2.91. The van der Waals surface area contributed by atoms with Crippen molar-refractivity contribution in [2.75, 3.05) is 30.5 Å². The summed E-state index contributed by atoms with van der Waals surface area (Å²) in [6.07, 6.45) is -1.85. The number of hydrogen-bond donors (Lipinski definition) is 4. The normalized spacial score (nSPS) is 19.8. The molecular formula is C28H34F5N7OS. The zero-order valence-electron chi connectivity index (χ0n) is 23.4. The number of anilines is 2. The van der Waals surface area contributed by atoms with Crippen LogP contribution >= 0.6 is 11.9 Å². The summed E-state index contributed by atoms with van der Waals surface area (Å²) in [4.78, 5) is 18.0. The minimum atomic E-state index is -4.66. The Morgan fingerprint density at radius 3 is 2.52 bits per heavy atom. The Morgan fingerprint density at radius 2 is 1.88 bits per heavy atom. The Kier molecular flexibility index (Phi) is 9.40. The van der Waals surface area contributed by atoms with E-state index < -0.39 is 23.6 Å². The largest absolute Gasteiger partial charge is 0.416 e. The zero-order valence-corrected chi connectivity index (χ0v) is 24.3. The molecule has 0 radical (unpaired) electrons. The number of aryl methyl sites for hydroxylation is 1. The number of nitrogens with two attached hydrogens (primary N) is 2. The lowest BCUT2D eigenvalue weighted by molar-refractivity contribution is -0.137. The molecule has 0 saturated carbocycles. The molecule has 1 saturated heterocycles. The van der Waals surface area contributed by atoms with Crippen LogP contribution in [0.15, 0.2) is 60.1 Å². The van der Waals surface area contributed by atoms with E-state index >= 15 is 0 Å². The SMILES string of the molecule is CC1=CC(/C(N)=C/N(N)c2cc(C(=O)Nc3cc(CN4CCC(F)(F)CC4)cc(C(F)(F)F)c3)ccc2C)SNN1C. The molecule has 6 N–H and O–H groups in total. The number of nitrogens with zero attached hydrogens (tertiary/aromatic N) is 3. The van der Waals surface area contributed by atoms with Gasteiger partial charge in [0.1, 0.15) is 0 Å². The summed E-state index contributed by atoms with van der Waals surface area (Å²) >= 11 is 1.39. The molecular weight excluding hydrogens is 577 g/mol. The van der Waals surface area contributed by atoms with E-state index in [1.807, 2.05) is 25.1 Å². The molecule has 2 aromatic carbocycles. The molecule has 0 aliphatic carbocycles. The van der Waals surface area contributed by atoms with Crippen LogP contribution in [0.25, 0.3) is 0 Å². The number of carbonyl (C=O) groups excluding carboxylic acids is 1. The highest BCUT2D eigenvalue weighted by molar-refractivity contribution is 7.98. The van der Waals surface area contributed by atoms with Gasteiger partial charge in [-0.3, -0.25) is 14.7 Å². The first-order valence-corrected chi connectivity index (χ1v) is 14.1. The fourth-order valence-corrected chi connectivity index (χ4v) is 5.47. The Hall–Kier alpha value is -3.33. The van der Waals surface area contributed by atoms with Gasteiger partial charge in [0.15, 0.2) is 0 Å². The van der Waals surface area contributed by atoms with Crippen molar-refractivity contribution >= 4 is 29.2 Å². The van der Waals surface area contributed by atoms with Gasteiger partial charge < -0.3 is 16.1 Å². The molecule has 0 bridgehead atoms. The number of halogens is 5. The number of allylic oxidation sites excluding steroid dienone is 1. The molecule has 42 heavy (non-hydrogen) atoms. The summed E-state index contributed by atoms with van der Waals surface area (Å²) in [6.45, 7) is 3.91. The van der Waals surface area contributed by atoms with Crippen LogP contribution in [0.4, 0.5) is 33.3 Å². The van der Waals surface area contributed by atoms with Gasteiger partial charge in [0.2, 0.25) is 0 Å². The highest BCUT2D eigenvalue weighted by atomic mass is 32.2. The lowest BCUT2D eigenvalue weighted by Gasteiger charge is -2.31. The number of carbonyl (C=O) groups is 1. The maximum atomic E-state index is 13.7. The molecule has 8 nitrogen and oxygen atoms in total. The minimum absolute atomic E-state index is 0.0489. The van der Waals surface area contributed by atoms with E-state index in [0.29, 0.717) is 11.4 Å².